The van der Waals surface area contributed by atoms with Gasteiger partial charge in [-0.15, -0.1) is 0 Å². The first-order chi connectivity index (χ1) is 7.59. The molecule has 1 aliphatic rings. The highest BCUT2D eigenvalue weighted by Crippen LogP contribution is 2.22. The summed E-state index contributed by atoms with van der Waals surface area (Å²) in [5.41, 5.74) is 0. The molecule has 1 rings (SSSR count). The third-order valence-corrected chi connectivity index (χ3v) is 2.81. The summed E-state index contributed by atoms with van der Waals surface area (Å²) in [5.74, 6) is -0.741. The van der Waals surface area contributed by atoms with E-state index in [4.69, 9.17) is 5.11 Å². The molecule has 2 N–H and O–H groups in total. The van der Waals surface area contributed by atoms with Crippen LogP contribution in [-0.2, 0) is 9.59 Å². The first-order valence-electron chi connectivity index (χ1n) is 5.68. The van der Waals surface area contributed by atoms with Crippen molar-refractivity contribution < 1.29 is 19.8 Å². The van der Waals surface area contributed by atoms with E-state index in [9.17, 15) is 14.7 Å². The number of carboxylic acid groups (broad SMARTS) is 1. The zero-order valence-corrected chi connectivity index (χ0v) is 9.26. The van der Waals surface area contributed by atoms with Crippen molar-refractivity contribution in [2.24, 2.45) is 5.92 Å². The molecule has 1 aliphatic carbocycles. The fourth-order valence-corrected chi connectivity index (χ4v) is 1.86. The molecule has 2 atom stereocenters. The van der Waals surface area contributed by atoms with Crippen molar-refractivity contribution >= 4 is 11.8 Å². The van der Waals surface area contributed by atoms with Gasteiger partial charge in [-0.05, 0) is 19.3 Å². The van der Waals surface area contributed by atoms with E-state index < -0.39 is 12.1 Å². The van der Waals surface area contributed by atoms with Crippen LogP contribution in [0.5, 0.6) is 0 Å². The Morgan fingerprint density at radius 3 is 2.50 bits per heavy atom. The highest BCUT2D eigenvalue weighted by atomic mass is 16.4. The summed E-state index contributed by atoms with van der Waals surface area (Å²) in [6, 6.07) is 0. The maximum Gasteiger partial charge on any atom is 0.303 e. The Bertz CT molecular complexity index is 283. The SMILES string of the molecule is O=C(O)CCCCC(=O)C[C@@H]1C=CC[C@@H]1O. The van der Waals surface area contributed by atoms with Crippen LogP contribution in [0.25, 0.3) is 0 Å². The number of unbranched alkanes of at least 4 members (excludes halogenated alkanes) is 1. The molecule has 0 spiro atoms. The molecule has 0 fully saturated rings. The largest absolute Gasteiger partial charge is 0.481 e. The lowest BCUT2D eigenvalue weighted by molar-refractivity contribution is -0.137. The highest BCUT2D eigenvalue weighted by molar-refractivity contribution is 5.79. The van der Waals surface area contributed by atoms with Crippen LogP contribution in [0.1, 0.15) is 38.5 Å². The van der Waals surface area contributed by atoms with Gasteiger partial charge < -0.3 is 10.2 Å². The molecule has 0 aromatic heterocycles. The van der Waals surface area contributed by atoms with E-state index in [1.54, 1.807) is 0 Å². The van der Waals surface area contributed by atoms with E-state index in [0.717, 1.165) is 0 Å². The summed E-state index contributed by atoms with van der Waals surface area (Å²) >= 11 is 0. The number of carbonyl (C=O) groups is 2. The monoisotopic (exact) mass is 226 g/mol. The summed E-state index contributed by atoms with van der Waals surface area (Å²) in [5, 5.41) is 17.9. The van der Waals surface area contributed by atoms with E-state index >= 15 is 0 Å². The van der Waals surface area contributed by atoms with Crippen LogP contribution in [0.15, 0.2) is 12.2 Å². The van der Waals surface area contributed by atoms with Gasteiger partial charge in [-0.3, -0.25) is 9.59 Å². The lowest BCUT2D eigenvalue weighted by atomic mass is 9.97. The van der Waals surface area contributed by atoms with Crippen LogP contribution in [0, 0.1) is 5.92 Å². The van der Waals surface area contributed by atoms with E-state index in [-0.39, 0.29) is 18.1 Å². The molecule has 0 saturated carbocycles. The van der Waals surface area contributed by atoms with Gasteiger partial charge in [0.05, 0.1) is 6.10 Å². The minimum absolute atomic E-state index is 0.0352. The minimum Gasteiger partial charge on any atom is -0.481 e. The number of ketones is 1. The standard InChI is InChI=1S/C12H18O4/c13-10(5-1-2-7-12(15)16)8-9-4-3-6-11(9)14/h3-4,9,11,14H,1-2,5-8H2,(H,15,16)/t9-,11-/m0/s1. The second-order valence-electron chi connectivity index (χ2n) is 4.24. The third kappa shape index (κ3) is 4.57. The Hall–Kier alpha value is -1.16. The Kier molecular flexibility index (Phi) is 5.19. The fraction of sp³-hybridized carbons (Fsp3) is 0.667. The molecule has 4 nitrogen and oxygen atoms in total. The summed E-state index contributed by atoms with van der Waals surface area (Å²) < 4.78 is 0. The molecule has 0 bridgehead atoms. The third-order valence-electron chi connectivity index (χ3n) is 2.81. The Labute approximate surface area is 95.0 Å². The van der Waals surface area contributed by atoms with Crippen molar-refractivity contribution in [1.29, 1.82) is 0 Å². The first-order valence-corrected chi connectivity index (χ1v) is 5.68. The van der Waals surface area contributed by atoms with Crippen molar-refractivity contribution in [3.8, 4) is 0 Å². The van der Waals surface area contributed by atoms with Crippen LogP contribution >= 0.6 is 0 Å². The first kappa shape index (κ1) is 12.9. The quantitative estimate of drug-likeness (QED) is 0.510. The number of aliphatic carboxylic acids is 1. The molecule has 0 aromatic rings. The van der Waals surface area contributed by atoms with Gasteiger partial charge in [0.2, 0.25) is 0 Å². The molecule has 4 heteroatoms. The number of Topliss-reactive ketones (excluding diaryl/α,β-unsaturated/α-hetero) is 1. The molecule has 0 amide bonds. The molecule has 0 heterocycles. The Morgan fingerprint density at radius 1 is 1.25 bits per heavy atom. The number of aliphatic hydroxyl groups excluding tert-OH is 1. The second kappa shape index (κ2) is 6.43. The number of aliphatic hydroxyl groups is 1. The summed E-state index contributed by atoms with van der Waals surface area (Å²) in [6.45, 7) is 0. The lowest BCUT2D eigenvalue weighted by Gasteiger charge is -2.12. The maximum absolute atomic E-state index is 11.5. The van der Waals surface area contributed by atoms with Gasteiger partial charge in [0.1, 0.15) is 5.78 Å². The van der Waals surface area contributed by atoms with Crippen LogP contribution in [0.2, 0.25) is 0 Å². The molecule has 0 aliphatic heterocycles. The maximum atomic E-state index is 11.5. The van der Waals surface area contributed by atoms with Gasteiger partial charge in [-0.25, -0.2) is 0 Å². The van der Waals surface area contributed by atoms with E-state index in [0.29, 0.717) is 32.1 Å². The number of hydrogen-bond donors (Lipinski definition) is 2. The minimum atomic E-state index is -0.818. The molecule has 0 unspecified atom stereocenters. The van der Waals surface area contributed by atoms with Gasteiger partial charge in [-0.1, -0.05) is 12.2 Å². The van der Waals surface area contributed by atoms with E-state index in [1.165, 1.54) is 0 Å². The van der Waals surface area contributed by atoms with Crippen molar-refractivity contribution in [3.63, 3.8) is 0 Å². The molecule has 90 valence electrons. The molecule has 0 aromatic carbocycles. The average Bonchev–Trinajstić information content (AvgIpc) is 2.59. The van der Waals surface area contributed by atoms with Gasteiger partial charge in [0, 0.05) is 25.2 Å². The second-order valence-corrected chi connectivity index (χ2v) is 4.24. The number of carbonyl (C=O) groups excluding carboxylic acids is 1. The summed E-state index contributed by atoms with van der Waals surface area (Å²) in [4.78, 5) is 21.7. The van der Waals surface area contributed by atoms with Crippen molar-refractivity contribution in [2.45, 2.75) is 44.6 Å². The molecule has 0 saturated heterocycles. The van der Waals surface area contributed by atoms with E-state index in [1.807, 2.05) is 12.2 Å². The topological polar surface area (TPSA) is 74.6 Å². The van der Waals surface area contributed by atoms with Crippen molar-refractivity contribution in [1.82, 2.24) is 0 Å². The number of rotatable bonds is 7. The van der Waals surface area contributed by atoms with E-state index in [2.05, 4.69) is 0 Å². The smallest absolute Gasteiger partial charge is 0.303 e. The number of carboxylic acids is 1. The van der Waals surface area contributed by atoms with Crippen LogP contribution in [0.4, 0.5) is 0 Å². The molecule has 16 heavy (non-hydrogen) atoms. The van der Waals surface area contributed by atoms with Gasteiger partial charge in [0.15, 0.2) is 0 Å². The van der Waals surface area contributed by atoms with Crippen molar-refractivity contribution in [2.75, 3.05) is 0 Å². The highest BCUT2D eigenvalue weighted by Gasteiger charge is 2.22. The van der Waals surface area contributed by atoms with Gasteiger partial charge in [-0.2, -0.15) is 0 Å². The normalized spacial score (nSPS) is 23.6. The zero-order chi connectivity index (χ0) is 12.0. The summed E-state index contributed by atoms with van der Waals surface area (Å²) in [7, 11) is 0. The van der Waals surface area contributed by atoms with Crippen molar-refractivity contribution in [3.05, 3.63) is 12.2 Å². The van der Waals surface area contributed by atoms with Crippen LogP contribution in [0.3, 0.4) is 0 Å². The molecular formula is C12H18O4. The Balaban J connectivity index is 2.11. The van der Waals surface area contributed by atoms with Crippen LogP contribution in [-0.4, -0.2) is 28.1 Å². The zero-order valence-electron chi connectivity index (χ0n) is 9.26. The number of hydrogen-bond acceptors (Lipinski definition) is 3. The van der Waals surface area contributed by atoms with Gasteiger partial charge >= 0.3 is 5.97 Å². The fourth-order valence-electron chi connectivity index (χ4n) is 1.86. The van der Waals surface area contributed by atoms with Crippen LogP contribution < -0.4 is 0 Å². The molecular weight excluding hydrogens is 208 g/mol. The molecule has 0 radical (unpaired) electrons. The summed E-state index contributed by atoms with van der Waals surface area (Å²) in [6.07, 6.45) is 6.10. The predicted molar refractivity (Wildman–Crippen MR) is 59.0 cm³/mol. The average molecular weight is 226 g/mol. The van der Waals surface area contributed by atoms with Gasteiger partial charge in [0.25, 0.3) is 0 Å². The predicted octanol–water partition coefficient (Wildman–Crippen LogP) is 1.53. The Morgan fingerprint density at radius 2 is 1.94 bits per heavy atom. The lowest BCUT2D eigenvalue weighted by Crippen LogP contribution is -2.17.